The normalized spacial score (nSPS) is 15.1. The number of nitrogens with zero attached hydrogens (tertiary/aromatic N) is 2. The van der Waals surface area contributed by atoms with E-state index in [9.17, 15) is 25.1 Å². The smallest absolute Gasteiger partial charge is 0.269 e. The van der Waals surface area contributed by atoms with Crippen molar-refractivity contribution in [3.8, 4) is 0 Å². The van der Waals surface area contributed by atoms with Gasteiger partial charge in [0.15, 0.2) is 0 Å². The van der Waals surface area contributed by atoms with Gasteiger partial charge in [-0.25, -0.2) is 4.31 Å². The lowest BCUT2D eigenvalue weighted by atomic mass is 9.85. The molecule has 1 unspecified atom stereocenters. The molecule has 0 fully saturated rings. The summed E-state index contributed by atoms with van der Waals surface area (Å²) in [6, 6.07) is 14.8. The van der Waals surface area contributed by atoms with E-state index in [1.807, 2.05) is 62.3 Å². The van der Waals surface area contributed by atoms with E-state index in [1.54, 1.807) is 12.1 Å². The van der Waals surface area contributed by atoms with Crippen molar-refractivity contribution < 1.29 is 19.9 Å². The molecule has 2 rings (SSSR count). The highest BCUT2D eigenvalue weighted by atomic mass is 32.2. The summed E-state index contributed by atoms with van der Waals surface area (Å²) in [6.07, 6.45) is -0.842. The van der Waals surface area contributed by atoms with Crippen LogP contribution >= 0.6 is 11.9 Å². The van der Waals surface area contributed by atoms with E-state index in [0.717, 1.165) is 10.5 Å². The molecule has 0 spiro atoms. The molecule has 10 heteroatoms. The lowest BCUT2D eigenvalue weighted by molar-refractivity contribution is -0.384. The fraction of sp³-hybridized carbons (Fsp3) is 0.552. The van der Waals surface area contributed by atoms with Crippen LogP contribution in [0.25, 0.3) is 0 Å². The molecule has 39 heavy (non-hydrogen) atoms. The molecule has 0 heterocycles. The van der Waals surface area contributed by atoms with E-state index in [2.05, 4.69) is 24.5 Å². The summed E-state index contributed by atoms with van der Waals surface area (Å²) in [4.78, 5) is 24.9. The van der Waals surface area contributed by atoms with Gasteiger partial charge in [-0.15, -0.1) is 0 Å². The Morgan fingerprint density at radius 1 is 1.05 bits per heavy atom. The largest absolute Gasteiger partial charge is 0.390 e. The number of nitrogens with one attached hydrogen (secondary N) is 2. The van der Waals surface area contributed by atoms with E-state index in [0.29, 0.717) is 25.3 Å². The molecule has 4 atom stereocenters. The number of aliphatic hydroxyl groups excluding tert-OH is 2. The third-order valence-electron chi connectivity index (χ3n) is 6.21. The van der Waals surface area contributed by atoms with E-state index in [4.69, 9.17) is 0 Å². The lowest BCUT2D eigenvalue weighted by Crippen LogP contribution is -2.59. The van der Waals surface area contributed by atoms with Crippen molar-refractivity contribution in [2.75, 3.05) is 13.1 Å². The molecule has 1 amide bonds. The molecule has 216 valence electrons. The molecule has 0 bridgehead atoms. The standard InChI is InChI=1S/C29H44N4O5S/c1-7-26(35)31-27(29(4,5)6)28(36)30-24(17-21-11-9-8-10-12-21)25(34)19-32(18-20(2)3)39-23-15-13-22(14-16-23)33(37)38/h8-16,20,24-27,31,34-35H,7,17-19H2,1-6H3,(H,30,36)/t24-,25+,26?,27+/m0/s1. The summed E-state index contributed by atoms with van der Waals surface area (Å²) in [5, 5.41) is 38.8. The highest BCUT2D eigenvalue weighted by Gasteiger charge is 2.35. The number of nitro groups is 1. The van der Waals surface area contributed by atoms with Crippen molar-refractivity contribution in [3.63, 3.8) is 0 Å². The number of amides is 1. The first-order valence-corrected chi connectivity index (χ1v) is 14.2. The number of nitro benzene ring substituents is 1. The summed E-state index contributed by atoms with van der Waals surface area (Å²) >= 11 is 1.42. The van der Waals surface area contributed by atoms with Crippen molar-refractivity contribution in [2.45, 2.75) is 83.7 Å². The SMILES string of the molecule is CCC(O)N[C@H](C(=O)N[C@@H](Cc1ccccc1)[C@H](O)CN(CC(C)C)Sc1ccc([N+](=O)[O-])cc1)C(C)(C)C. The highest BCUT2D eigenvalue weighted by molar-refractivity contribution is 7.97. The Balaban J connectivity index is 2.27. The van der Waals surface area contributed by atoms with Gasteiger partial charge in [0, 0.05) is 30.1 Å². The maximum atomic E-state index is 13.5. The maximum Gasteiger partial charge on any atom is 0.269 e. The summed E-state index contributed by atoms with van der Waals surface area (Å²) in [5.74, 6) is 0.0170. The van der Waals surface area contributed by atoms with Crippen molar-refractivity contribution >= 4 is 23.5 Å². The zero-order valence-electron chi connectivity index (χ0n) is 23.8. The van der Waals surface area contributed by atoms with Crippen molar-refractivity contribution in [1.29, 1.82) is 0 Å². The number of rotatable bonds is 15. The first-order valence-electron chi connectivity index (χ1n) is 13.4. The molecular formula is C29H44N4O5S. The topological polar surface area (TPSA) is 128 Å². The minimum atomic E-state index is -0.907. The maximum absolute atomic E-state index is 13.5. The van der Waals surface area contributed by atoms with Gasteiger partial charge in [0.05, 0.1) is 23.1 Å². The quantitative estimate of drug-likeness (QED) is 0.109. The molecular weight excluding hydrogens is 516 g/mol. The summed E-state index contributed by atoms with van der Waals surface area (Å²) < 4.78 is 2.03. The number of benzene rings is 2. The molecule has 9 nitrogen and oxygen atoms in total. The van der Waals surface area contributed by atoms with Crippen LogP contribution in [0.3, 0.4) is 0 Å². The van der Waals surface area contributed by atoms with Gasteiger partial charge in [-0.2, -0.15) is 0 Å². The first-order chi connectivity index (χ1) is 18.3. The number of carbonyl (C=O) groups is 1. The van der Waals surface area contributed by atoms with Crippen LogP contribution in [0.4, 0.5) is 5.69 Å². The van der Waals surface area contributed by atoms with Crippen LogP contribution in [0, 0.1) is 21.4 Å². The Morgan fingerprint density at radius 2 is 1.67 bits per heavy atom. The number of carbonyl (C=O) groups excluding carboxylic acids is 1. The predicted molar refractivity (Wildman–Crippen MR) is 156 cm³/mol. The molecule has 0 saturated carbocycles. The molecule has 0 saturated heterocycles. The van der Waals surface area contributed by atoms with Gasteiger partial charge in [0.2, 0.25) is 5.91 Å². The van der Waals surface area contributed by atoms with E-state index < -0.39 is 34.8 Å². The molecule has 4 N–H and O–H groups in total. The van der Waals surface area contributed by atoms with Gasteiger partial charge in [-0.1, -0.05) is 71.9 Å². The number of hydrogen-bond donors (Lipinski definition) is 4. The third-order valence-corrected chi connectivity index (χ3v) is 7.25. The second-order valence-corrected chi connectivity index (χ2v) is 12.5. The Kier molecular flexibility index (Phi) is 12.9. The average Bonchev–Trinajstić information content (AvgIpc) is 2.86. The first kappa shape index (κ1) is 32.7. The van der Waals surface area contributed by atoms with Gasteiger partial charge in [0.1, 0.15) is 6.23 Å². The molecule has 2 aromatic carbocycles. The van der Waals surface area contributed by atoms with Gasteiger partial charge < -0.3 is 15.5 Å². The summed E-state index contributed by atoms with van der Waals surface area (Å²) in [7, 11) is 0. The monoisotopic (exact) mass is 560 g/mol. The van der Waals surface area contributed by atoms with Crippen LogP contribution in [-0.4, -0.2) is 62.9 Å². The second-order valence-electron chi connectivity index (χ2n) is 11.3. The zero-order chi connectivity index (χ0) is 29.2. The number of hydrogen-bond acceptors (Lipinski definition) is 8. The van der Waals surface area contributed by atoms with Crippen LogP contribution in [0.5, 0.6) is 0 Å². The highest BCUT2D eigenvalue weighted by Crippen LogP contribution is 2.27. The van der Waals surface area contributed by atoms with Gasteiger partial charge in [-0.3, -0.25) is 20.2 Å². The minimum Gasteiger partial charge on any atom is -0.390 e. The summed E-state index contributed by atoms with van der Waals surface area (Å²) in [6.45, 7) is 12.7. The Hall–Kier alpha value is -2.50. The molecule has 0 aromatic heterocycles. The summed E-state index contributed by atoms with van der Waals surface area (Å²) in [5.41, 5.74) is 0.530. The fourth-order valence-electron chi connectivity index (χ4n) is 4.12. The minimum absolute atomic E-state index is 0.0237. The van der Waals surface area contributed by atoms with E-state index in [1.165, 1.54) is 24.1 Å². The Labute approximate surface area is 236 Å². The third kappa shape index (κ3) is 11.3. The molecule has 0 aliphatic heterocycles. The molecule has 2 aromatic rings. The van der Waals surface area contributed by atoms with Gasteiger partial charge in [0.25, 0.3) is 5.69 Å². The van der Waals surface area contributed by atoms with Crippen LogP contribution in [-0.2, 0) is 11.2 Å². The predicted octanol–water partition coefficient (Wildman–Crippen LogP) is 4.38. The van der Waals surface area contributed by atoms with Crippen molar-refractivity contribution in [3.05, 3.63) is 70.3 Å². The molecule has 0 aliphatic carbocycles. The second kappa shape index (κ2) is 15.3. The van der Waals surface area contributed by atoms with Gasteiger partial charge in [-0.05, 0) is 53.8 Å². The van der Waals surface area contributed by atoms with Crippen LogP contribution < -0.4 is 10.6 Å². The van der Waals surface area contributed by atoms with Crippen LogP contribution in [0.15, 0.2) is 59.5 Å². The van der Waals surface area contributed by atoms with Gasteiger partial charge >= 0.3 is 0 Å². The van der Waals surface area contributed by atoms with E-state index >= 15 is 0 Å². The number of aliphatic hydroxyl groups is 2. The molecule has 0 aliphatic rings. The Morgan fingerprint density at radius 3 is 2.18 bits per heavy atom. The fourth-order valence-corrected chi connectivity index (χ4v) is 5.27. The average molecular weight is 561 g/mol. The zero-order valence-corrected chi connectivity index (χ0v) is 24.6. The van der Waals surface area contributed by atoms with Crippen molar-refractivity contribution in [1.82, 2.24) is 14.9 Å². The van der Waals surface area contributed by atoms with Crippen LogP contribution in [0.1, 0.15) is 53.5 Å². The molecule has 0 radical (unpaired) electrons. The van der Waals surface area contributed by atoms with E-state index in [-0.39, 0.29) is 18.1 Å². The number of non-ortho nitro benzene ring substituents is 1. The lowest BCUT2D eigenvalue weighted by Gasteiger charge is -2.35. The Bertz CT molecular complexity index is 1030. The van der Waals surface area contributed by atoms with Crippen LogP contribution in [0.2, 0.25) is 0 Å². The van der Waals surface area contributed by atoms with Crippen molar-refractivity contribution in [2.24, 2.45) is 11.3 Å².